The van der Waals surface area contributed by atoms with E-state index < -0.39 is 0 Å². The van der Waals surface area contributed by atoms with Crippen LogP contribution in [0.2, 0.25) is 0 Å². The first-order valence-corrected chi connectivity index (χ1v) is 8.01. The number of hydrogen-bond acceptors (Lipinski definition) is 3. The van der Waals surface area contributed by atoms with Gasteiger partial charge in [0.15, 0.2) is 0 Å². The maximum Gasteiger partial charge on any atom is 0.120 e. The molecule has 0 spiro atoms. The monoisotopic (exact) mass is 274 g/mol. The van der Waals surface area contributed by atoms with Crippen LogP contribution < -0.4 is 0 Å². The molecule has 0 bridgehead atoms. The molecule has 110 valence electrons. The summed E-state index contributed by atoms with van der Waals surface area (Å²) >= 11 is 0. The van der Waals surface area contributed by atoms with Crippen LogP contribution in [0.15, 0.2) is 24.3 Å². The van der Waals surface area contributed by atoms with Crippen molar-refractivity contribution in [2.45, 2.75) is 44.7 Å². The minimum Gasteiger partial charge on any atom is -0.508 e. The molecule has 2 fully saturated rings. The van der Waals surface area contributed by atoms with E-state index in [-0.39, 0.29) is 0 Å². The Morgan fingerprint density at radius 1 is 1.05 bits per heavy atom. The molecule has 2 aliphatic rings. The highest BCUT2D eigenvalue weighted by Crippen LogP contribution is 2.30. The van der Waals surface area contributed by atoms with Crippen LogP contribution >= 0.6 is 0 Å². The zero-order chi connectivity index (χ0) is 13.9. The maximum absolute atomic E-state index is 10.00. The van der Waals surface area contributed by atoms with Crippen molar-refractivity contribution in [3.05, 3.63) is 29.8 Å². The molecule has 3 nitrogen and oxygen atoms in total. The van der Waals surface area contributed by atoms with Gasteiger partial charge in [-0.3, -0.25) is 9.80 Å². The molecule has 1 aliphatic carbocycles. The lowest BCUT2D eigenvalue weighted by Crippen LogP contribution is -2.50. The quantitative estimate of drug-likeness (QED) is 0.918. The van der Waals surface area contributed by atoms with Crippen molar-refractivity contribution in [2.24, 2.45) is 0 Å². The molecule has 20 heavy (non-hydrogen) atoms. The average molecular weight is 274 g/mol. The van der Waals surface area contributed by atoms with Gasteiger partial charge in [-0.15, -0.1) is 0 Å². The highest BCUT2D eigenvalue weighted by atomic mass is 16.3. The number of para-hydroxylation sites is 1. The van der Waals surface area contributed by atoms with Crippen LogP contribution in [0.25, 0.3) is 0 Å². The zero-order valence-electron chi connectivity index (χ0n) is 12.5. The number of benzene rings is 1. The van der Waals surface area contributed by atoms with Gasteiger partial charge in [0.2, 0.25) is 0 Å². The third-order valence-corrected chi connectivity index (χ3v) is 5.12. The molecule has 1 N–H and O–H groups in total. The van der Waals surface area contributed by atoms with E-state index in [2.05, 4.69) is 16.7 Å². The Bertz CT molecular complexity index is 434. The van der Waals surface area contributed by atoms with Crippen molar-refractivity contribution in [1.82, 2.24) is 9.80 Å². The Hall–Kier alpha value is -1.06. The van der Waals surface area contributed by atoms with Crippen molar-refractivity contribution in [1.29, 1.82) is 0 Å². The van der Waals surface area contributed by atoms with E-state index in [1.807, 2.05) is 18.2 Å². The summed E-state index contributed by atoms with van der Waals surface area (Å²) in [6.07, 6.45) is 5.63. The van der Waals surface area contributed by atoms with Crippen LogP contribution in [-0.4, -0.2) is 47.1 Å². The first-order valence-electron chi connectivity index (χ1n) is 8.01. The minimum absolute atomic E-state index is 0.307. The van der Waals surface area contributed by atoms with Crippen molar-refractivity contribution in [3.63, 3.8) is 0 Å². The van der Waals surface area contributed by atoms with Gasteiger partial charge < -0.3 is 5.11 Å². The van der Waals surface area contributed by atoms with Crippen LogP contribution in [0.5, 0.6) is 5.75 Å². The lowest BCUT2D eigenvalue weighted by Gasteiger charge is -2.40. The zero-order valence-corrected chi connectivity index (χ0v) is 12.5. The van der Waals surface area contributed by atoms with Gasteiger partial charge in [-0.2, -0.15) is 0 Å². The molecule has 1 heterocycles. The van der Waals surface area contributed by atoms with Crippen molar-refractivity contribution in [3.8, 4) is 5.75 Å². The number of piperazine rings is 1. The molecular formula is C17H26N2O. The van der Waals surface area contributed by atoms with Gasteiger partial charge in [-0.05, 0) is 25.8 Å². The van der Waals surface area contributed by atoms with Crippen molar-refractivity contribution in [2.75, 3.05) is 26.2 Å². The number of hydrogen-bond donors (Lipinski definition) is 1. The van der Waals surface area contributed by atoms with E-state index in [9.17, 15) is 5.11 Å². The SMILES string of the molecule is CC(c1ccccc1O)N1CCN(C2CCCC2)CC1. The van der Waals surface area contributed by atoms with E-state index in [1.54, 1.807) is 6.07 Å². The normalized spacial score (nSPS) is 24.1. The van der Waals surface area contributed by atoms with Gasteiger partial charge in [0.05, 0.1) is 0 Å². The van der Waals surface area contributed by atoms with Crippen LogP contribution in [-0.2, 0) is 0 Å². The van der Waals surface area contributed by atoms with E-state index in [4.69, 9.17) is 0 Å². The lowest BCUT2D eigenvalue weighted by molar-refractivity contribution is 0.0744. The molecule has 0 amide bonds. The highest BCUT2D eigenvalue weighted by molar-refractivity contribution is 5.34. The standard InChI is InChI=1S/C17H26N2O/c1-14(16-8-4-5-9-17(16)20)18-10-12-19(13-11-18)15-6-2-3-7-15/h4-5,8-9,14-15,20H,2-3,6-7,10-13H2,1H3. The number of aromatic hydroxyl groups is 1. The highest BCUT2D eigenvalue weighted by Gasteiger charge is 2.28. The second-order valence-electron chi connectivity index (χ2n) is 6.25. The Morgan fingerprint density at radius 3 is 2.35 bits per heavy atom. The Labute approximate surface area is 122 Å². The summed E-state index contributed by atoms with van der Waals surface area (Å²) < 4.78 is 0. The molecule has 1 unspecified atom stereocenters. The van der Waals surface area contributed by atoms with E-state index in [1.165, 1.54) is 38.8 Å². The summed E-state index contributed by atoms with van der Waals surface area (Å²) in [6, 6.07) is 8.90. The van der Waals surface area contributed by atoms with Crippen LogP contribution in [0.1, 0.15) is 44.2 Å². The molecule has 0 radical (unpaired) electrons. The largest absolute Gasteiger partial charge is 0.508 e. The lowest BCUT2D eigenvalue weighted by atomic mass is 10.0. The Morgan fingerprint density at radius 2 is 1.70 bits per heavy atom. The third kappa shape index (κ3) is 2.84. The number of phenolic OH excluding ortho intramolecular Hbond substituents is 1. The molecule has 0 aromatic heterocycles. The molecule has 1 saturated heterocycles. The molecule has 1 aliphatic heterocycles. The average Bonchev–Trinajstić information content (AvgIpc) is 3.01. The van der Waals surface area contributed by atoms with Gasteiger partial charge in [0, 0.05) is 43.8 Å². The first-order chi connectivity index (χ1) is 9.75. The predicted octanol–water partition coefficient (Wildman–Crippen LogP) is 3.01. The van der Waals surface area contributed by atoms with Gasteiger partial charge in [-0.1, -0.05) is 31.0 Å². The summed E-state index contributed by atoms with van der Waals surface area (Å²) in [5.41, 5.74) is 1.06. The fraction of sp³-hybridized carbons (Fsp3) is 0.647. The van der Waals surface area contributed by atoms with Crippen LogP contribution in [0.4, 0.5) is 0 Å². The summed E-state index contributed by atoms with van der Waals surface area (Å²) in [6.45, 7) is 6.81. The molecular weight excluding hydrogens is 248 g/mol. The molecule has 1 aromatic carbocycles. The minimum atomic E-state index is 0.307. The van der Waals surface area contributed by atoms with E-state index in [0.29, 0.717) is 11.8 Å². The number of rotatable bonds is 3. The number of phenols is 1. The van der Waals surface area contributed by atoms with Crippen LogP contribution in [0, 0.1) is 0 Å². The van der Waals surface area contributed by atoms with Crippen molar-refractivity contribution < 1.29 is 5.11 Å². The van der Waals surface area contributed by atoms with E-state index >= 15 is 0 Å². The van der Waals surface area contributed by atoms with Gasteiger partial charge >= 0.3 is 0 Å². The summed E-state index contributed by atoms with van der Waals surface area (Å²) in [5.74, 6) is 0.429. The summed E-state index contributed by atoms with van der Waals surface area (Å²) in [4.78, 5) is 5.18. The Balaban J connectivity index is 1.59. The Kier molecular flexibility index (Phi) is 4.27. The van der Waals surface area contributed by atoms with Gasteiger partial charge in [0.1, 0.15) is 5.75 Å². The second kappa shape index (κ2) is 6.15. The van der Waals surface area contributed by atoms with Gasteiger partial charge in [0.25, 0.3) is 0 Å². The smallest absolute Gasteiger partial charge is 0.120 e. The number of nitrogens with zero attached hydrogens (tertiary/aromatic N) is 2. The summed E-state index contributed by atoms with van der Waals surface area (Å²) in [7, 11) is 0. The van der Waals surface area contributed by atoms with E-state index in [0.717, 1.165) is 24.7 Å². The molecule has 3 heteroatoms. The fourth-order valence-electron chi connectivity index (χ4n) is 3.80. The second-order valence-corrected chi connectivity index (χ2v) is 6.25. The van der Waals surface area contributed by atoms with Crippen LogP contribution in [0.3, 0.4) is 0 Å². The fourth-order valence-corrected chi connectivity index (χ4v) is 3.80. The van der Waals surface area contributed by atoms with Gasteiger partial charge in [-0.25, -0.2) is 0 Å². The maximum atomic E-state index is 10.00. The summed E-state index contributed by atoms with van der Waals surface area (Å²) in [5, 5.41) is 10.00. The molecule has 1 atom stereocenters. The topological polar surface area (TPSA) is 26.7 Å². The predicted molar refractivity (Wildman–Crippen MR) is 81.9 cm³/mol. The molecule has 1 saturated carbocycles. The van der Waals surface area contributed by atoms with Crippen molar-refractivity contribution >= 4 is 0 Å². The third-order valence-electron chi connectivity index (χ3n) is 5.12. The first kappa shape index (κ1) is 13.9. The molecule has 1 aromatic rings. The molecule has 3 rings (SSSR count).